The fourth-order valence-corrected chi connectivity index (χ4v) is 2.11. The molecule has 0 saturated heterocycles. The Labute approximate surface area is 128 Å². The number of rotatable bonds is 8. The van der Waals surface area contributed by atoms with Crippen molar-refractivity contribution in [3.05, 3.63) is 29.3 Å². The lowest BCUT2D eigenvalue weighted by Crippen LogP contribution is -2.22. The maximum absolute atomic E-state index is 6.08. The van der Waals surface area contributed by atoms with Crippen LogP contribution in [-0.2, 0) is 17.8 Å². The summed E-state index contributed by atoms with van der Waals surface area (Å²) >= 11 is 0. The molecule has 4 heteroatoms. The third-order valence-corrected chi connectivity index (χ3v) is 3.61. The van der Waals surface area contributed by atoms with Crippen molar-refractivity contribution in [2.24, 2.45) is 11.7 Å². The van der Waals surface area contributed by atoms with E-state index < -0.39 is 0 Å². The van der Waals surface area contributed by atoms with Crippen LogP contribution in [0, 0.1) is 5.92 Å². The van der Waals surface area contributed by atoms with Gasteiger partial charge in [-0.1, -0.05) is 13.0 Å². The average Bonchev–Trinajstić information content (AvgIpc) is 3.22. The van der Waals surface area contributed by atoms with Crippen LogP contribution < -0.4 is 10.5 Å². The molecule has 114 valence electrons. The lowest BCUT2D eigenvalue weighted by molar-refractivity contribution is 0.184. The molecule has 0 aliphatic heterocycles. The number of nitrogens with two attached hydrogens (primary N) is 1. The van der Waals surface area contributed by atoms with Crippen molar-refractivity contribution >= 4 is 12.4 Å². The van der Waals surface area contributed by atoms with Crippen molar-refractivity contribution in [2.45, 2.75) is 45.3 Å². The zero-order valence-electron chi connectivity index (χ0n) is 12.4. The number of halogens is 1. The fraction of sp³-hybridized carbons (Fsp3) is 0.625. The summed E-state index contributed by atoms with van der Waals surface area (Å²) in [6.45, 7) is 3.60. The van der Waals surface area contributed by atoms with E-state index in [1.165, 1.54) is 24.0 Å². The van der Waals surface area contributed by atoms with Gasteiger partial charge in [0.05, 0.1) is 13.2 Å². The van der Waals surface area contributed by atoms with E-state index >= 15 is 0 Å². The van der Waals surface area contributed by atoms with Crippen LogP contribution in [0.15, 0.2) is 18.2 Å². The topological polar surface area (TPSA) is 44.5 Å². The monoisotopic (exact) mass is 299 g/mol. The molecule has 1 saturated carbocycles. The van der Waals surface area contributed by atoms with Gasteiger partial charge in [0.1, 0.15) is 5.75 Å². The van der Waals surface area contributed by atoms with Gasteiger partial charge in [0.2, 0.25) is 0 Å². The van der Waals surface area contributed by atoms with Crippen LogP contribution in [0.2, 0.25) is 0 Å². The first-order valence-electron chi connectivity index (χ1n) is 7.22. The van der Waals surface area contributed by atoms with Crippen LogP contribution >= 0.6 is 12.4 Å². The Morgan fingerprint density at radius 2 is 2.10 bits per heavy atom. The van der Waals surface area contributed by atoms with Crippen molar-refractivity contribution in [3.63, 3.8) is 0 Å². The maximum atomic E-state index is 6.08. The molecule has 1 aliphatic carbocycles. The highest BCUT2D eigenvalue weighted by Gasteiger charge is 2.22. The summed E-state index contributed by atoms with van der Waals surface area (Å²) in [6, 6.07) is 6.50. The predicted octanol–water partition coefficient (Wildman–Crippen LogP) is 3.32. The molecule has 1 aliphatic rings. The van der Waals surface area contributed by atoms with E-state index in [9.17, 15) is 0 Å². The Morgan fingerprint density at radius 1 is 1.35 bits per heavy atom. The number of hydrogen-bond donors (Lipinski definition) is 1. The minimum absolute atomic E-state index is 0. The number of methoxy groups -OCH3 is 1. The summed E-state index contributed by atoms with van der Waals surface area (Å²) in [4.78, 5) is 0. The molecule has 2 rings (SSSR count). The quantitative estimate of drug-likeness (QED) is 0.801. The molecular weight excluding hydrogens is 274 g/mol. The van der Waals surface area contributed by atoms with E-state index in [0.29, 0.717) is 6.61 Å². The zero-order valence-corrected chi connectivity index (χ0v) is 13.2. The molecule has 0 radical (unpaired) electrons. The van der Waals surface area contributed by atoms with Crippen molar-refractivity contribution in [2.75, 3.05) is 13.7 Å². The molecule has 1 aromatic rings. The summed E-state index contributed by atoms with van der Waals surface area (Å²) in [6.07, 6.45) is 4.47. The Balaban J connectivity index is 0.00000200. The molecule has 0 bridgehead atoms. The highest BCUT2D eigenvalue weighted by atomic mass is 35.5. The highest BCUT2D eigenvalue weighted by molar-refractivity contribution is 5.85. The van der Waals surface area contributed by atoms with Gasteiger partial charge in [-0.3, -0.25) is 0 Å². The number of hydrogen-bond acceptors (Lipinski definition) is 3. The first kappa shape index (κ1) is 17.3. The van der Waals surface area contributed by atoms with Gasteiger partial charge in [-0.15, -0.1) is 12.4 Å². The predicted molar refractivity (Wildman–Crippen MR) is 84.6 cm³/mol. The van der Waals surface area contributed by atoms with Crippen LogP contribution in [0.3, 0.4) is 0 Å². The molecule has 0 amide bonds. The Kier molecular flexibility index (Phi) is 7.35. The van der Waals surface area contributed by atoms with Gasteiger partial charge in [-0.25, -0.2) is 0 Å². The van der Waals surface area contributed by atoms with E-state index in [4.69, 9.17) is 15.2 Å². The molecule has 2 N–H and O–H groups in total. The summed E-state index contributed by atoms with van der Waals surface area (Å²) < 4.78 is 11.1. The summed E-state index contributed by atoms with van der Waals surface area (Å²) in [5, 5.41) is 0. The van der Waals surface area contributed by atoms with Crippen molar-refractivity contribution in [1.29, 1.82) is 0 Å². The molecule has 1 aromatic carbocycles. The van der Waals surface area contributed by atoms with Crippen molar-refractivity contribution < 1.29 is 9.47 Å². The van der Waals surface area contributed by atoms with E-state index in [1.54, 1.807) is 7.11 Å². The van der Waals surface area contributed by atoms with Crippen LogP contribution in [-0.4, -0.2) is 19.8 Å². The van der Waals surface area contributed by atoms with E-state index in [1.807, 2.05) is 0 Å². The third-order valence-electron chi connectivity index (χ3n) is 3.61. The van der Waals surface area contributed by atoms with Crippen LogP contribution in [0.4, 0.5) is 0 Å². The van der Waals surface area contributed by atoms with E-state index in [2.05, 4.69) is 25.1 Å². The smallest absolute Gasteiger partial charge is 0.122 e. The van der Waals surface area contributed by atoms with E-state index in [0.717, 1.165) is 31.1 Å². The van der Waals surface area contributed by atoms with Crippen LogP contribution in [0.25, 0.3) is 0 Å². The molecule has 1 fully saturated rings. The van der Waals surface area contributed by atoms with Gasteiger partial charge in [-0.05, 0) is 54.9 Å². The molecule has 1 atom stereocenters. The maximum Gasteiger partial charge on any atom is 0.122 e. The normalized spacial score (nSPS) is 15.6. The average molecular weight is 300 g/mol. The first-order chi connectivity index (χ1) is 9.22. The Morgan fingerprint density at radius 3 is 2.70 bits per heavy atom. The molecule has 1 unspecified atom stereocenters. The van der Waals surface area contributed by atoms with Gasteiger partial charge in [0.25, 0.3) is 0 Å². The summed E-state index contributed by atoms with van der Waals surface area (Å²) in [5.74, 6) is 1.77. The van der Waals surface area contributed by atoms with Crippen molar-refractivity contribution in [1.82, 2.24) is 0 Å². The second-order valence-electron chi connectivity index (χ2n) is 5.50. The fourth-order valence-electron chi connectivity index (χ4n) is 2.11. The standard InChI is InChI=1S/C16H25NO2.ClH/c1-3-15(17)9-14-8-13(10-18-2)6-7-16(14)19-11-12-4-5-12;/h6-8,12,15H,3-5,9-11,17H2,1-2H3;1H. The van der Waals surface area contributed by atoms with Gasteiger partial charge in [0, 0.05) is 13.2 Å². The first-order valence-corrected chi connectivity index (χ1v) is 7.22. The van der Waals surface area contributed by atoms with E-state index in [-0.39, 0.29) is 18.4 Å². The molecule has 0 aromatic heterocycles. The third kappa shape index (κ3) is 5.31. The lowest BCUT2D eigenvalue weighted by atomic mass is 10.0. The summed E-state index contributed by atoms with van der Waals surface area (Å²) in [7, 11) is 1.72. The molecule has 0 spiro atoms. The van der Waals surface area contributed by atoms with Crippen molar-refractivity contribution in [3.8, 4) is 5.75 Å². The zero-order chi connectivity index (χ0) is 13.7. The van der Waals surface area contributed by atoms with Crippen LogP contribution in [0.5, 0.6) is 5.75 Å². The molecule has 20 heavy (non-hydrogen) atoms. The lowest BCUT2D eigenvalue weighted by Gasteiger charge is -2.15. The Hall–Kier alpha value is -0.770. The van der Waals surface area contributed by atoms with Gasteiger partial charge in [-0.2, -0.15) is 0 Å². The Bertz CT molecular complexity index is 407. The van der Waals surface area contributed by atoms with Gasteiger partial charge < -0.3 is 15.2 Å². The van der Waals surface area contributed by atoms with Gasteiger partial charge in [0.15, 0.2) is 0 Å². The molecule has 0 heterocycles. The highest BCUT2D eigenvalue weighted by Crippen LogP contribution is 2.31. The molecule has 3 nitrogen and oxygen atoms in total. The second-order valence-corrected chi connectivity index (χ2v) is 5.50. The largest absolute Gasteiger partial charge is 0.493 e. The number of ether oxygens (including phenoxy) is 2. The molecular formula is C16H26ClNO2. The second kappa shape index (κ2) is 8.50. The minimum Gasteiger partial charge on any atom is -0.493 e. The number of benzene rings is 1. The van der Waals surface area contributed by atoms with Crippen LogP contribution in [0.1, 0.15) is 37.3 Å². The summed E-state index contributed by atoms with van der Waals surface area (Å²) in [5.41, 5.74) is 8.47. The minimum atomic E-state index is 0. The SMILES string of the molecule is CCC(N)Cc1cc(COC)ccc1OCC1CC1.Cl. The van der Waals surface area contributed by atoms with Gasteiger partial charge >= 0.3 is 0 Å².